The van der Waals surface area contributed by atoms with E-state index in [1.165, 1.54) is 0 Å². The number of hydrogen-bond donors (Lipinski definition) is 1. The number of fused-ring (bicyclic) bond motifs is 2. The second-order valence-electron chi connectivity index (χ2n) is 11.2. The zero-order valence-electron chi connectivity index (χ0n) is 23.6. The molecule has 10 heteroatoms. The monoisotopic (exact) mass is 607 g/mol. The Bertz CT molecular complexity index is 1450. The summed E-state index contributed by atoms with van der Waals surface area (Å²) in [5, 5.41) is 10.2. The van der Waals surface area contributed by atoms with Crippen LogP contribution in [0.2, 0.25) is 5.02 Å². The number of benzene rings is 2. The maximum Gasteiger partial charge on any atom is 0.251 e. The third-order valence-corrected chi connectivity index (χ3v) is 10.8. The first kappa shape index (κ1) is 28.8. The van der Waals surface area contributed by atoms with Crippen molar-refractivity contribution in [1.29, 1.82) is 0 Å². The Morgan fingerprint density at radius 3 is 2.17 bits per heavy atom. The second kappa shape index (κ2) is 11.1. The normalized spacial score (nSPS) is 30.2. The molecule has 5 atom stereocenters. The minimum Gasteiger partial charge on any atom is -0.494 e. The fourth-order valence-electron chi connectivity index (χ4n) is 6.98. The predicted octanol–water partition coefficient (Wildman–Crippen LogP) is 4.31. The summed E-state index contributed by atoms with van der Waals surface area (Å²) in [5.41, 5.74) is 1.41. The van der Waals surface area contributed by atoms with Crippen LogP contribution in [-0.4, -0.2) is 76.1 Å². The number of aliphatic hydroxyl groups excluding tert-OH is 1. The van der Waals surface area contributed by atoms with Gasteiger partial charge in [0.1, 0.15) is 11.8 Å². The highest BCUT2D eigenvalue weighted by molar-refractivity contribution is 8.02. The zero-order valence-corrected chi connectivity index (χ0v) is 25.2. The van der Waals surface area contributed by atoms with E-state index >= 15 is 0 Å². The summed E-state index contributed by atoms with van der Waals surface area (Å²) in [6.45, 7) is 5.30. The number of rotatable bonds is 7. The molecule has 1 spiro atoms. The molecule has 0 saturated carbocycles. The van der Waals surface area contributed by atoms with Gasteiger partial charge in [-0.15, -0.1) is 11.8 Å². The first-order valence-electron chi connectivity index (χ1n) is 14.3. The number of carbonyl (C=O) groups is 3. The number of ether oxygens (including phenoxy) is 1. The van der Waals surface area contributed by atoms with Gasteiger partial charge in [-0.3, -0.25) is 14.4 Å². The lowest BCUT2D eigenvalue weighted by atomic mass is 9.74. The minimum atomic E-state index is -0.952. The summed E-state index contributed by atoms with van der Waals surface area (Å²) in [6, 6.07) is 13.7. The molecule has 2 aromatic carbocycles. The number of likely N-dealkylation sites (tertiary alicyclic amines) is 1. The molecule has 4 aliphatic rings. The quantitative estimate of drug-likeness (QED) is 0.472. The van der Waals surface area contributed by atoms with Gasteiger partial charge in [0.2, 0.25) is 11.8 Å². The SMILES string of the molecule is CCOc1ccc(N2CC=C[C@]3(C)S[C@]45C=CCN(c6ccc(Cl)cc6)C(=O)C4N(CCCO)C(=O)[C@@H]5[C@@H]3C2=O)cc1. The predicted molar refractivity (Wildman–Crippen MR) is 165 cm³/mol. The summed E-state index contributed by atoms with van der Waals surface area (Å²) in [4.78, 5) is 48.4. The van der Waals surface area contributed by atoms with Gasteiger partial charge in [0, 0.05) is 47.4 Å². The Balaban J connectivity index is 1.42. The van der Waals surface area contributed by atoms with Gasteiger partial charge in [-0.2, -0.15) is 0 Å². The lowest BCUT2D eigenvalue weighted by Crippen LogP contribution is -2.53. The maximum absolute atomic E-state index is 14.5. The van der Waals surface area contributed by atoms with Crippen molar-refractivity contribution in [2.24, 2.45) is 11.8 Å². The van der Waals surface area contributed by atoms with Gasteiger partial charge < -0.3 is 24.5 Å². The average Bonchev–Trinajstić information content (AvgIpc) is 3.24. The van der Waals surface area contributed by atoms with E-state index in [1.54, 1.807) is 50.7 Å². The fraction of sp³-hybridized carbons (Fsp3) is 0.406. The van der Waals surface area contributed by atoms with Crippen LogP contribution in [0.3, 0.4) is 0 Å². The van der Waals surface area contributed by atoms with Crippen molar-refractivity contribution in [3.63, 3.8) is 0 Å². The van der Waals surface area contributed by atoms with Gasteiger partial charge in [-0.25, -0.2) is 0 Å². The summed E-state index contributed by atoms with van der Waals surface area (Å²) in [7, 11) is 0. The smallest absolute Gasteiger partial charge is 0.251 e. The van der Waals surface area contributed by atoms with Crippen LogP contribution in [0, 0.1) is 11.8 Å². The zero-order chi connectivity index (χ0) is 29.6. The molecule has 8 nitrogen and oxygen atoms in total. The maximum atomic E-state index is 14.5. The van der Waals surface area contributed by atoms with Crippen molar-refractivity contribution < 1.29 is 24.2 Å². The van der Waals surface area contributed by atoms with E-state index in [2.05, 4.69) is 0 Å². The molecular weight excluding hydrogens is 574 g/mol. The highest BCUT2D eigenvalue weighted by atomic mass is 35.5. The lowest BCUT2D eigenvalue weighted by Gasteiger charge is -2.36. The van der Waals surface area contributed by atoms with Gasteiger partial charge in [-0.1, -0.05) is 35.9 Å². The topological polar surface area (TPSA) is 90.4 Å². The molecule has 2 fully saturated rings. The molecule has 4 aliphatic heterocycles. The van der Waals surface area contributed by atoms with Crippen LogP contribution in [0.1, 0.15) is 20.3 Å². The van der Waals surface area contributed by atoms with Crippen molar-refractivity contribution in [2.45, 2.75) is 35.8 Å². The molecule has 4 heterocycles. The van der Waals surface area contributed by atoms with E-state index in [0.717, 1.165) is 11.4 Å². The Morgan fingerprint density at radius 2 is 1.52 bits per heavy atom. The molecule has 0 bridgehead atoms. The van der Waals surface area contributed by atoms with Gasteiger partial charge in [0.15, 0.2) is 0 Å². The fourth-order valence-corrected chi connectivity index (χ4v) is 9.26. The Hall–Kier alpha value is -3.27. The number of halogens is 1. The Labute approximate surface area is 254 Å². The summed E-state index contributed by atoms with van der Waals surface area (Å²) in [6.07, 6.45) is 8.32. The van der Waals surface area contributed by atoms with Crippen LogP contribution < -0.4 is 14.5 Å². The van der Waals surface area contributed by atoms with Crippen LogP contribution in [0.4, 0.5) is 11.4 Å². The molecule has 220 valence electrons. The van der Waals surface area contributed by atoms with Gasteiger partial charge in [0.05, 0.1) is 23.2 Å². The van der Waals surface area contributed by atoms with E-state index in [1.807, 2.05) is 62.4 Å². The molecule has 3 amide bonds. The number of hydrogen-bond acceptors (Lipinski definition) is 6. The number of amides is 3. The van der Waals surface area contributed by atoms with Gasteiger partial charge in [0.25, 0.3) is 5.91 Å². The number of anilines is 2. The van der Waals surface area contributed by atoms with Crippen molar-refractivity contribution >= 4 is 52.5 Å². The highest BCUT2D eigenvalue weighted by Crippen LogP contribution is 2.65. The molecule has 6 rings (SSSR count). The van der Waals surface area contributed by atoms with E-state index < -0.39 is 27.4 Å². The largest absolute Gasteiger partial charge is 0.494 e. The highest BCUT2D eigenvalue weighted by Gasteiger charge is 2.73. The average molecular weight is 608 g/mol. The van der Waals surface area contributed by atoms with Crippen LogP contribution in [0.25, 0.3) is 0 Å². The molecule has 2 aromatic rings. The molecule has 0 aliphatic carbocycles. The lowest BCUT2D eigenvalue weighted by molar-refractivity contribution is -0.139. The van der Waals surface area contributed by atoms with E-state index in [-0.39, 0.29) is 30.9 Å². The second-order valence-corrected chi connectivity index (χ2v) is 13.4. The van der Waals surface area contributed by atoms with Crippen LogP contribution in [0.5, 0.6) is 5.75 Å². The molecule has 1 unspecified atom stereocenters. The summed E-state index contributed by atoms with van der Waals surface area (Å²) in [5.74, 6) is -1.29. The van der Waals surface area contributed by atoms with Crippen molar-refractivity contribution in [1.82, 2.24) is 4.90 Å². The standard InChI is InChI=1S/C32H34ClN3O5S/c1-3-41-24-13-11-23(12-14-24)34-17-4-15-31(2)25(28(34)38)26-29(39)36(19-6-20-37)27-30(40)35(18-5-16-32(26,27)42-31)22-9-7-21(33)8-10-22/h4-5,7-16,25-27,37H,3,6,17-20H2,1-2H3/t25-,26+,27?,31+,32+/m1/s1. The van der Waals surface area contributed by atoms with Crippen molar-refractivity contribution in [3.8, 4) is 5.75 Å². The molecule has 2 saturated heterocycles. The first-order chi connectivity index (χ1) is 20.2. The number of thioether (sulfide) groups is 1. The van der Waals surface area contributed by atoms with Crippen LogP contribution in [-0.2, 0) is 14.4 Å². The third-order valence-electron chi connectivity index (χ3n) is 8.71. The molecule has 1 N–H and O–H groups in total. The van der Waals surface area contributed by atoms with Gasteiger partial charge >= 0.3 is 0 Å². The van der Waals surface area contributed by atoms with E-state index in [4.69, 9.17) is 16.3 Å². The number of aliphatic hydroxyl groups is 1. The van der Waals surface area contributed by atoms with E-state index in [9.17, 15) is 19.5 Å². The molecule has 0 aromatic heterocycles. The van der Waals surface area contributed by atoms with Gasteiger partial charge in [-0.05, 0) is 68.8 Å². The molecule has 0 radical (unpaired) electrons. The third kappa shape index (κ3) is 4.53. The minimum absolute atomic E-state index is 0.111. The summed E-state index contributed by atoms with van der Waals surface area (Å²) >= 11 is 7.67. The number of carbonyl (C=O) groups excluding carboxylic acids is 3. The first-order valence-corrected chi connectivity index (χ1v) is 15.5. The van der Waals surface area contributed by atoms with E-state index in [0.29, 0.717) is 36.8 Å². The van der Waals surface area contributed by atoms with Crippen molar-refractivity contribution in [3.05, 3.63) is 77.9 Å². The molecular formula is C32H34ClN3O5S. The number of nitrogens with zero attached hydrogens (tertiary/aromatic N) is 3. The summed E-state index contributed by atoms with van der Waals surface area (Å²) < 4.78 is 3.93. The molecule has 42 heavy (non-hydrogen) atoms. The van der Waals surface area contributed by atoms with Crippen LogP contribution >= 0.6 is 23.4 Å². The Morgan fingerprint density at radius 1 is 0.905 bits per heavy atom. The van der Waals surface area contributed by atoms with Crippen LogP contribution in [0.15, 0.2) is 72.8 Å². The Kier molecular flexibility index (Phi) is 7.62. The van der Waals surface area contributed by atoms with Crippen molar-refractivity contribution in [2.75, 3.05) is 42.6 Å².